The molecule has 2 aliphatic heterocycles. The standard InChI is InChI=1S/C26H27FN2O4/c1-25(27)32-21-8-5-17(14-22(21)33-25)24(30)16-9-11-26(12-10-16)23-4-3-13-29(23)20-7-6-18(31-2)15-19(20)28-26/h3-4,6-8,13-16,22,28H,5,9-12H2,1-2H3. The first-order chi connectivity index (χ1) is 15.9. The molecule has 0 amide bonds. The lowest BCUT2D eigenvalue weighted by Crippen LogP contribution is -2.44. The van der Waals surface area contributed by atoms with Gasteiger partial charge >= 0.3 is 6.04 Å². The smallest absolute Gasteiger partial charge is 0.361 e. The van der Waals surface area contributed by atoms with Crippen molar-refractivity contribution < 1.29 is 23.4 Å². The van der Waals surface area contributed by atoms with Crippen LogP contribution in [0.2, 0.25) is 0 Å². The number of carbonyl (C=O) groups excluding carboxylic acids is 1. The minimum Gasteiger partial charge on any atom is -0.497 e. The topological polar surface area (TPSA) is 61.7 Å². The van der Waals surface area contributed by atoms with Gasteiger partial charge in [-0.1, -0.05) is 0 Å². The molecule has 2 unspecified atom stereocenters. The van der Waals surface area contributed by atoms with Crippen LogP contribution < -0.4 is 10.1 Å². The van der Waals surface area contributed by atoms with Crippen molar-refractivity contribution in [3.63, 3.8) is 0 Å². The summed E-state index contributed by atoms with van der Waals surface area (Å²) in [4.78, 5) is 13.3. The molecule has 2 fully saturated rings. The van der Waals surface area contributed by atoms with Crippen LogP contribution >= 0.6 is 0 Å². The minimum atomic E-state index is -2.14. The number of carbonyl (C=O) groups is 1. The van der Waals surface area contributed by atoms with Gasteiger partial charge in [0.2, 0.25) is 0 Å². The van der Waals surface area contributed by atoms with Crippen LogP contribution in [-0.2, 0) is 19.8 Å². The summed E-state index contributed by atoms with van der Waals surface area (Å²) < 4.78 is 32.2. The minimum absolute atomic E-state index is 0.0483. The number of allylic oxidation sites excluding steroid dienone is 2. The maximum atomic E-state index is 14.0. The SMILES string of the molecule is COc1ccc2c(c1)NC1(CCC(C(=O)C3=CC4OC(C)(F)OC4=CC3)CC1)c1cccn1-2. The van der Waals surface area contributed by atoms with Gasteiger partial charge in [-0.3, -0.25) is 9.53 Å². The first-order valence-corrected chi connectivity index (χ1v) is 11.5. The summed E-state index contributed by atoms with van der Waals surface area (Å²) >= 11 is 0. The number of rotatable bonds is 3. The number of methoxy groups -OCH3 is 1. The third-order valence-corrected chi connectivity index (χ3v) is 7.40. The lowest BCUT2D eigenvalue weighted by molar-refractivity contribution is -0.237. The molecular weight excluding hydrogens is 423 g/mol. The average molecular weight is 451 g/mol. The van der Waals surface area contributed by atoms with Crippen molar-refractivity contribution in [3.8, 4) is 11.4 Å². The van der Waals surface area contributed by atoms with Gasteiger partial charge in [0, 0.05) is 30.8 Å². The largest absolute Gasteiger partial charge is 0.497 e. The van der Waals surface area contributed by atoms with Crippen LogP contribution in [0.4, 0.5) is 10.1 Å². The molecule has 1 saturated carbocycles. The Morgan fingerprint density at radius 3 is 2.88 bits per heavy atom. The van der Waals surface area contributed by atoms with E-state index in [0.29, 0.717) is 17.8 Å². The predicted molar refractivity (Wildman–Crippen MR) is 121 cm³/mol. The van der Waals surface area contributed by atoms with Crippen molar-refractivity contribution in [2.24, 2.45) is 5.92 Å². The Balaban J connectivity index is 1.21. The van der Waals surface area contributed by atoms with E-state index in [4.69, 9.17) is 14.2 Å². The Hall–Kier alpha value is -3.06. The lowest BCUT2D eigenvalue weighted by Gasteiger charge is -2.45. The highest BCUT2D eigenvalue weighted by molar-refractivity contribution is 5.98. The van der Waals surface area contributed by atoms with Gasteiger partial charge in [0.1, 0.15) is 17.6 Å². The number of hydrogen-bond donors (Lipinski definition) is 1. The van der Waals surface area contributed by atoms with Gasteiger partial charge < -0.3 is 19.4 Å². The summed E-state index contributed by atoms with van der Waals surface area (Å²) in [6, 6.07) is 8.19. The second-order valence-corrected chi connectivity index (χ2v) is 9.47. The van der Waals surface area contributed by atoms with Gasteiger partial charge in [-0.25, -0.2) is 0 Å². The third kappa shape index (κ3) is 3.29. The van der Waals surface area contributed by atoms with Gasteiger partial charge in [0.05, 0.1) is 24.0 Å². The molecule has 0 radical (unpaired) electrons. The molecule has 7 heteroatoms. The van der Waals surface area contributed by atoms with E-state index in [1.807, 2.05) is 12.1 Å². The number of nitrogens with one attached hydrogen (secondary N) is 1. The molecule has 1 aromatic heterocycles. The second-order valence-electron chi connectivity index (χ2n) is 9.47. The molecule has 2 aromatic rings. The Labute approximate surface area is 192 Å². The van der Waals surface area contributed by atoms with Crippen LogP contribution in [0.25, 0.3) is 5.69 Å². The van der Waals surface area contributed by atoms with Gasteiger partial charge in [0.25, 0.3) is 0 Å². The maximum Gasteiger partial charge on any atom is 0.361 e. The van der Waals surface area contributed by atoms with E-state index in [9.17, 15) is 9.18 Å². The molecule has 1 saturated heterocycles. The van der Waals surface area contributed by atoms with Gasteiger partial charge in [-0.2, -0.15) is 4.39 Å². The van der Waals surface area contributed by atoms with E-state index in [0.717, 1.165) is 42.8 Å². The number of aromatic nitrogens is 1. The van der Waals surface area contributed by atoms with Crippen LogP contribution in [0, 0.1) is 5.92 Å². The highest BCUT2D eigenvalue weighted by atomic mass is 19.2. The van der Waals surface area contributed by atoms with Crippen molar-refractivity contribution >= 4 is 11.5 Å². The van der Waals surface area contributed by atoms with E-state index < -0.39 is 12.1 Å². The Morgan fingerprint density at radius 1 is 1.27 bits per heavy atom. The molecule has 1 N–H and O–H groups in total. The Kier molecular flexibility index (Phi) is 4.49. The van der Waals surface area contributed by atoms with Gasteiger partial charge in [-0.05, 0) is 74.1 Å². The maximum absolute atomic E-state index is 14.0. The number of hydrogen-bond acceptors (Lipinski definition) is 5. The number of Topliss-reactive ketones (excluding diaryl/α,β-unsaturated/α-hetero) is 1. The number of alkyl halides is 1. The number of ketones is 1. The second kappa shape index (κ2) is 7.22. The van der Waals surface area contributed by atoms with Crippen LogP contribution in [0.3, 0.4) is 0 Å². The van der Waals surface area contributed by atoms with Crippen LogP contribution in [0.15, 0.2) is 60.0 Å². The summed E-state index contributed by atoms with van der Waals surface area (Å²) in [6.45, 7) is 1.24. The fraction of sp³-hybridized carbons (Fsp3) is 0.423. The highest BCUT2D eigenvalue weighted by Gasteiger charge is 2.45. The summed E-state index contributed by atoms with van der Waals surface area (Å²) in [7, 11) is 1.67. The van der Waals surface area contributed by atoms with Crippen molar-refractivity contribution in [1.82, 2.24) is 4.57 Å². The van der Waals surface area contributed by atoms with E-state index >= 15 is 0 Å². The number of halogens is 1. The Morgan fingerprint density at radius 2 is 2.09 bits per heavy atom. The van der Waals surface area contributed by atoms with Crippen molar-refractivity contribution in [1.29, 1.82) is 0 Å². The van der Waals surface area contributed by atoms with E-state index in [-0.39, 0.29) is 17.2 Å². The van der Waals surface area contributed by atoms with E-state index in [2.05, 4.69) is 34.3 Å². The fourth-order valence-corrected chi connectivity index (χ4v) is 5.77. The number of fused-ring (bicyclic) bond motifs is 5. The van der Waals surface area contributed by atoms with Crippen molar-refractivity contribution in [2.45, 2.75) is 56.7 Å². The first-order valence-electron chi connectivity index (χ1n) is 11.5. The van der Waals surface area contributed by atoms with Crippen molar-refractivity contribution in [3.05, 3.63) is 65.7 Å². The molecule has 6 nitrogen and oxygen atoms in total. The van der Waals surface area contributed by atoms with Gasteiger partial charge in [0.15, 0.2) is 5.78 Å². The molecule has 4 aliphatic rings. The fourth-order valence-electron chi connectivity index (χ4n) is 5.77. The molecule has 1 aromatic carbocycles. The monoisotopic (exact) mass is 450 g/mol. The predicted octanol–water partition coefficient (Wildman–Crippen LogP) is 5.14. The van der Waals surface area contributed by atoms with Crippen LogP contribution in [0.1, 0.15) is 44.7 Å². The molecule has 3 heterocycles. The van der Waals surface area contributed by atoms with E-state index in [1.54, 1.807) is 19.3 Å². The summed E-state index contributed by atoms with van der Waals surface area (Å²) in [5.74, 6) is 1.37. The Bertz CT molecular complexity index is 1190. The zero-order valence-corrected chi connectivity index (χ0v) is 18.8. The molecule has 0 bridgehead atoms. The van der Waals surface area contributed by atoms with Crippen LogP contribution in [-0.4, -0.2) is 29.6 Å². The lowest BCUT2D eigenvalue weighted by atomic mass is 9.71. The first kappa shape index (κ1) is 20.5. The number of anilines is 1. The molecule has 6 rings (SSSR count). The molecule has 33 heavy (non-hydrogen) atoms. The van der Waals surface area contributed by atoms with Crippen LogP contribution in [0.5, 0.6) is 5.75 Å². The molecule has 2 atom stereocenters. The van der Waals surface area contributed by atoms with E-state index in [1.165, 1.54) is 12.6 Å². The zero-order chi connectivity index (χ0) is 22.8. The zero-order valence-electron chi connectivity index (χ0n) is 18.8. The molecule has 172 valence electrons. The highest BCUT2D eigenvalue weighted by Crippen LogP contribution is 2.48. The average Bonchev–Trinajstić information content (AvgIpc) is 3.42. The third-order valence-electron chi connectivity index (χ3n) is 7.40. The molecular formula is C26H27FN2O4. The molecule has 2 aliphatic carbocycles. The molecule has 1 spiro atoms. The van der Waals surface area contributed by atoms with Crippen molar-refractivity contribution in [2.75, 3.05) is 12.4 Å². The summed E-state index contributed by atoms with van der Waals surface area (Å²) in [5, 5.41) is 3.79. The van der Waals surface area contributed by atoms with Gasteiger partial charge in [-0.15, -0.1) is 0 Å². The quantitative estimate of drug-likeness (QED) is 0.702. The number of ether oxygens (including phenoxy) is 3. The summed E-state index contributed by atoms with van der Waals surface area (Å²) in [6.07, 6.45) is 8.72. The number of nitrogens with zero attached hydrogens (tertiary/aromatic N) is 1. The number of benzene rings is 1. The summed E-state index contributed by atoms with van der Waals surface area (Å²) in [5.41, 5.74) is 3.86. The normalized spacial score (nSPS) is 32.0.